The Bertz CT molecular complexity index is 1160. The second-order valence-corrected chi connectivity index (χ2v) is 8.43. The predicted octanol–water partition coefficient (Wildman–Crippen LogP) is 5.29. The van der Waals surface area contributed by atoms with Crippen molar-refractivity contribution in [3.63, 3.8) is 0 Å². The minimum absolute atomic E-state index is 0.0849. The van der Waals surface area contributed by atoms with Crippen LogP contribution in [0.15, 0.2) is 75.6 Å². The number of furan rings is 1. The number of hydrogen-bond donors (Lipinski definition) is 1. The number of para-hydroxylation sites is 1. The molecule has 6 heteroatoms. The number of halogens is 1. The highest BCUT2D eigenvalue weighted by Gasteiger charge is 2.13. The fourth-order valence-corrected chi connectivity index (χ4v) is 4.26. The molecule has 0 aliphatic carbocycles. The van der Waals surface area contributed by atoms with Crippen LogP contribution in [0.4, 0.5) is 5.69 Å². The molecule has 0 aliphatic heterocycles. The van der Waals surface area contributed by atoms with Crippen LogP contribution in [0, 0.1) is 0 Å². The molecule has 0 fully saturated rings. The second kappa shape index (κ2) is 6.20. The van der Waals surface area contributed by atoms with E-state index in [0.717, 1.165) is 26.4 Å². The van der Waals surface area contributed by atoms with Gasteiger partial charge >= 0.3 is 0 Å². The fourth-order valence-electron chi connectivity index (χ4n) is 2.81. The van der Waals surface area contributed by atoms with E-state index in [1.165, 1.54) is 0 Å². The summed E-state index contributed by atoms with van der Waals surface area (Å²) in [5, 5.41) is 1.98. The standard InChI is InChI=1S/C19H14BrNO3S/c20-14-7-5-13(6-8-14)12-25(22,23)21-15-9-10-17-16-3-1-2-4-18(16)24-19(17)11-15/h1-11,21H,12H2. The van der Waals surface area contributed by atoms with Crippen molar-refractivity contribution in [1.82, 2.24) is 0 Å². The first-order valence-corrected chi connectivity index (χ1v) is 10.1. The molecule has 0 unspecified atom stereocenters. The van der Waals surface area contributed by atoms with Gasteiger partial charge in [0, 0.05) is 21.3 Å². The highest BCUT2D eigenvalue weighted by molar-refractivity contribution is 9.10. The third-order valence-corrected chi connectivity index (χ3v) is 5.71. The van der Waals surface area contributed by atoms with Crippen molar-refractivity contribution >= 4 is 53.6 Å². The molecule has 0 atom stereocenters. The average molecular weight is 416 g/mol. The van der Waals surface area contributed by atoms with E-state index in [-0.39, 0.29) is 5.75 Å². The highest BCUT2D eigenvalue weighted by atomic mass is 79.9. The van der Waals surface area contributed by atoms with E-state index in [0.29, 0.717) is 11.3 Å². The van der Waals surface area contributed by atoms with E-state index in [2.05, 4.69) is 20.7 Å². The smallest absolute Gasteiger partial charge is 0.236 e. The van der Waals surface area contributed by atoms with Gasteiger partial charge < -0.3 is 4.42 Å². The summed E-state index contributed by atoms with van der Waals surface area (Å²) in [5.74, 6) is -0.0849. The Balaban J connectivity index is 1.63. The van der Waals surface area contributed by atoms with E-state index in [1.54, 1.807) is 24.3 Å². The number of rotatable bonds is 4. The molecule has 25 heavy (non-hydrogen) atoms. The summed E-state index contributed by atoms with van der Waals surface area (Å²) >= 11 is 3.34. The summed E-state index contributed by atoms with van der Waals surface area (Å²) < 4.78 is 34.1. The maximum absolute atomic E-state index is 12.4. The molecule has 0 saturated carbocycles. The molecule has 0 amide bonds. The molecule has 0 saturated heterocycles. The predicted molar refractivity (Wildman–Crippen MR) is 104 cm³/mol. The van der Waals surface area contributed by atoms with Gasteiger partial charge in [0.1, 0.15) is 11.2 Å². The molecule has 0 aliphatic rings. The van der Waals surface area contributed by atoms with Crippen LogP contribution in [0.2, 0.25) is 0 Å². The summed E-state index contributed by atoms with van der Waals surface area (Å²) in [5.41, 5.74) is 2.65. The zero-order chi connectivity index (χ0) is 17.4. The van der Waals surface area contributed by atoms with Crippen molar-refractivity contribution < 1.29 is 12.8 Å². The third kappa shape index (κ3) is 3.41. The van der Waals surface area contributed by atoms with Gasteiger partial charge in [-0.3, -0.25) is 4.72 Å². The molecule has 4 aromatic rings. The van der Waals surface area contributed by atoms with Gasteiger partial charge in [-0.25, -0.2) is 8.42 Å². The Morgan fingerprint density at radius 3 is 2.40 bits per heavy atom. The van der Waals surface area contributed by atoms with Gasteiger partial charge in [-0.1, -0.05) is 46.3 Å². The van der Waals surface area contributed by atoms with Gasteiger partial charge in [0.2, 0.25) is 10.0 Å². The Morgan fingerprint density at radius 1 is 0.880 bits per heavy atom. The maximum atomic E-state index is 12.4. The number of benzene rings is 3. The molecule has 0 spiro atoms. The molecule has 1 heterocycles. The van der Waals surface area contributed by atoms with Crippen molar-refractivity contribution in [2.75, 3.05) is 4.72 Å². The van der Waals surface area contributed by atoms with Crippen LogP contribution in [-0.2, 0) is 15.8 Å². The van der Waals surface area contributed by atoms with Crippen LogP contribution in [0.3, 0.4) is 0 Å². The van der Waals surface area contributed by atoms with Crippen LogP contribution in [0.5, 0.6) is 0 Å². The van der Waals surface area contributed by atoms with Gasteiger partial charge in [-0.15, -0.1) is 0 Å². The molecule has 4 nitrogen and oxygen atoms in total. The van der Waals surface area contributed by atoms with Crippen LogP contribution < -0.4 is 4.72 Å². The summed E-state index contributed by atoms with van der Waals surface area (Å²) in [6.45, 7) is 0. The van der Waals surface area contributed by atoms with Crippen molar-refractivity contribution in [3.05, 3.63) is 76.8 Å². The highest BCUT2D eigenvalue weighted by Crippen LogP contribution is 2.30. The number of fused-ring (bicyclic) bond motifs is 3. The van der Waals surface area contributed by atoms with Crippen molar-refractivity contribution in [2.45, 2.75) is 5.75 Å². The van der Waals surface area contributed by atoms with Gasteiger partial charge in [0.05, 0.1) is 11.4 Å². The van der Waals surface area contributed by atoms with Crippen LogP contribution in [0.25, 0.3) is 21.9 Å². The molecule has 3 aromatic carbocycles. The first kappa shape index (κ1) is 16.2. The molecule has 126 valence electrons. The Hall–Kier alpha value is -2.31. The second-order valence-electron chi connectivity index (χ2n) is 5.80. The van der Waals surface area contributed by atoms with Gasteiger partial charge in [0.25, 0.3) is 0 Å². The van der Waals surface area contributed by atoms with Gasteiger partial charge in [0.15, 0.2) is 0 Å². The Morgan fingerprint density at radius 2 is 1.60 bits per heavy atom. The lowest BCUT2D eigenvalue weighted by atomic mass is 10.1. The van der Waals surface area contributed by atoms with E-state index in [9.17, 15) is 8.42 Å². The van der Waals surface area contributed by atoms with Crippen molar-refractivity contribution in [1.29, 1.82) is 0 Å². The molecular weight excluding hydrogens is 402 g/mol. The largest absolute Gasteiger partial charge is 0.456 e. The zero-order valence-electron chi connectivity index (χ0n) is 13.1. The van der Waals surface area contributed by atoms with Crippen molar-refractivity contribution in [2.24, 2.45) is 0 Å². The SMILES string of the molecule is O=S(=O)(Cc1ccc(Br)cc1)Nc1ccc2c(c1)oc1ccccc12. The number of nitrogens with one attached hydrogen (secondary N) is 1. The van der Waals surface area contributed by atoms with Crippen molar-refractivity contribution in [3.8, 4) is 0 Å². The fraction of sp³-hybridized carbons (Fsp3) is 0.0526. The molecule has 1 N–H and O–H groups in total. The lowest BCUT2D eigenvalue weighted by Crippen LogP contribution is -2.14. The van der Waals surface area contributed by atoms with E-state index in [1.807, 2.05) is 42.5 Å². The van der Waals surface area contributed by atoms with Crippen LogP contribution in [0.1, 0.15) is 5.56 Å². The van der Waals surface area contributed by atoms with Crippen LogP contribution >= 0.6 is 15.9 Å². The van der Waals surface area contributed by atoms with E-state index < -0.39 is 10.0 Å². The number of anilines is 1. The monoisotopic (exact) mass is 415 g/mol. The Labute approximate surface area is 153 Å². The summed E-state index contributed by atoms with van der Waals surface area (Å²) in [6.07, 6.45) is 0. The molecule has 1 aromatic heterocycles. The lowest BCUT2D eigenvalue weighted by molar-refractivity contribution is 0.600. The number of sulfonamides is 1. The first-order chi connectivity index (χ1) is 12.0. The van der Waals surface area contributed by atoms with Gasteiger partial charge in [-0.05, 0) is 35.9 Å². The summed E-state index contributed by atoms with van der Waals surface area (Å²) in [4.78, 5) is 0. The minimum atomic E-state index is -3.51. The zero-order valence-corrected chi connectivity index (χ0v) is 15.5. The maximum Gasteiger partial charge on any atom is 0.236 e. The summed E-state index contributed by atoms with van der Waals surface area (Å²) in [7, 11) is -3.51. The topological polar surface area (TPSA) is 59.3 Å². The summed E-state index contributed by atoms with van der Waals surface area (Å²) in [6, 6.07) is 20.3. The average Bonchev–Trinajstić information content (AvgIpc) is 2.94. The van der Waals surface area contributed by atoms with E-state index >= 15 is 0 Å². The molecular formula is C19H14BrNO3S. The Kier molecular flexibility index (Phi) is 4.01. The van der Waals surface area contributed by atoms with E-state index in [4.69, 9.17) is 4.42 Å². The van der Waals surface area contributed by atoms with Gasteiger partial charge in [-0.2, -0.15) is 0 Å². The molecule has 4 rings (SSSR count). The number of hydrogen-bond acceptors (Lipinski definition) is 3. The first-order valence-electron chi connectivity index (χ1n) is 7.66. The third-order valence-electron chi connectivity index (χ3n) is 3.92. The lowest BCUT2D eigenvalue weighted by Gasteiger charge is -2.08. The minimum Gasteiger partial charge on any atom is -0.456 e. The molecule has 0 bridgehead atoms. The van der Waals surface area contributed by atoms with Crippen LogP contribution in [-0.4, -0.2) is 8.42 Å². The normalized spacial score (nSPS) is 11.9. The molecule has 0 radical (unpaired) electrons. The quantitative estimate of drug-likeness (QED) is 0.492.